The van der Waals surface area contributed by atoms with Gasteiger partial charge in [-0.2, -0.15) is 0 Å². The van der Waals surface area contributed by atoms with Gasteiger partial charge in [-0.15, -0.1) is 11.3 Å². The van der Waals surface area contributed by atoms with Crippen LogP contribution in [-0.4, -0.2) is 4.92 Å². The molecule has 0 amide bonds. The molecule has 1 aromatic carbocycles. The molecule has 0 radical (unpaired) electrons. The lowest BCUT2D eigenvalue weighted by Crippen LogP contribution is -2.08. The molecule has 1 atom stereocenters. The average molecular weight is 276 g/mol. The molecule has 100 valence electrons. The highest BCUT2D eigenvalue weighted by molar-refractivity contribution is 7.10. The second-order valence-electron chi connectivity index (χ2n) is 4.61. The maximum absolute atomic E-state index is 11.1. The molecule has 0 spiro atoms. The fraction of sp³-hybridized carbons (Fsp3) is 0.286. The molecule has 1 aromatic heterocycles. The summed E-state index contributed by atoms with van der Waals surface area (Å²) in [5.41, 5.74) is 2.79. The first-order valence-corrected chi connectivity index (χ1v) is 6.92. The van der Waals surface area contributed by atoms with Crippen LogP contribution in [0.15, 0.2) is 29.6 Å². The maximum Gasteiger partial charge on any atom is 0.292 e. The van der Waals surface area contributed by atoms with Gasteiger partial charge in [0.25, 0.3) is 5.69 Å². The first-order chi connectivity index (χ1) is 8.99. The van der Waals surface area contributed by atoms with E-state index in [4.69, 9.17) is 0 Å². The molecular formula is C14H16N2O2S. The lowest BCUT2D eigenvalue weighted by atomic mass is 10.1. The number of anilines is 1. The highest BCUT2D eigenvalue weighted by Crippen LogP contribution is 2.31. The van der Waals surface area contributed by atoms with E-state index < -0.39 is 0 Å². The summed E-state index contributed by atoms with van der Waals surface area (Å²) < 4.78 is 0. The third kappa shape index (κ3) is 2.93. The number of nitrogens with zero attached hydrogens (tertiary/aromatic N) is 1. The number of benzene rings is 1. The van der Waals surface area contributed by atoms with Crippen LogP contribution >= 0.6 is 11.3 Å². The topological polar surface area (TPSA) is 55.2 Å². The Morgan fingerprint density at radius 2 is 2.05 bits per heavy atom. The summed E-state index contributed by atoms with van der Waals surface area (Å²) in [4.78, 5) is 11.9. The molecule has 1 N–H and O–H groups in total. The molecule has 0 saturated heterocycles. The van der Waals surface area contributed by atoms with Crippen LogP contribution in [0.4, 0.5) is 11.4 Å². The number of rotatable bonds is 4. The Kier molecular flexibility index (Phi) is 3.85. The molecular weight excluding hydrogens is 260 g/mol. The lowest BCUT2D eigenvalue weighted by molar-refractivity contribution is -0.384. The molecule has 19 heavy (non-hydrogen) atoms. The molecule has 0 bridgehead atoms. The summed E-state index contributed by atoms with van der Waals surface area (Å²) in [5, 5.41) is 16.3. The SMILES string of the molecule is Cc1ccc(NC(C)c2sccc2C)c([N+](=O)[O-])c1. The molecule has 0 aliphatic heterocycles. The standard InChI is InChI=1S/C14H16N2O2S/c1-9-4-5-12(13(8-9)16(17)18)15-11(3)14-10(2)6-7-19-14/h4-8,11,15H,1-3H3. The van der Waals surface area contributed by atoms with Crippen molar-refractivity contribution in [1.29, 1.82) is 0 Å². The van der Waals surface area contributed by atoms with E-state index in [0.29, 0.717) is 5.69 Å². The zero-order chi connectivity index (χ0) is 14.0. The second-order valence-corrected chi connectivity index (χ2v) is 5.56. The zero-order valence-corrected chi connectivity index (χ0v) is 12.0. The Balaban J connectivity index is 2.29. The Bertz CT molecular complexity index is 607. The number of hydrogen-bond donors (Lipinski definition) is 1. The monoisotopic (exact) mass is 276 g/mol. The van der Waals surface area contributed by atoms with Crippen LogP contribution in [-0.2, 0) is 0 Å². The Morgan fingerprint density at radius 1 is 1.32 bits per heavy atom. The van der Waals surface area contributed by atoms with Gasteiger partial charge in [-0.25, -0.2) is 0 Å². The van der Waals surface area contributed by atoms with Gasteiger partial charge in [-0.05, 0) is 49.4 Å². The first kappa shape index (κ1) is 13.5. The summed E-state index contributed by atoms with van der Waals surface area (Å²) in [6.45, 7) is 5.92. The third-order valence-electron chi connectivity index (χ3n) is 3.02. The van der Waals surface area contributed by atoms with Crippen LogP contribution in [0.5, 0.6) is 0 Å². The van der Waals surface area contributed by atoms with Crippen molar-refractivity contribution < 1.29 is 4.92 Å². The fourth-order valence-corrected chi connectivity index (χ4v) is 2.98. The number of nitro groups is 1. The zero-order valence-electron chi connectivity index (χ0n) is 11.1. The molecule has 4 nitrogen and oxygen atoms in total. The van der Waals surface area contributed by atoms with Gasteiger partial charge in [0.2, 0.25) is 0 Å². The minimum absolute atomic E-state index is 0.0569. The van der Waals surface area contributed by atoms with Crippen LogP contribution in [0.1, 0.15) is 29.0 Å². The van der Waals surface area contributed by atoms with Crippen LogP contribution < -0.4 is 5.32 Å². The van der Waals surface area contributed by atoms with Crippen molar-refractivity contribution >= 4 is 22.7 Å². The highest BCUT2D eigenvalue weighted by Gasteiger charge is 2.17. The van der Waals surface area contributed by atoms with Gasteiger partial charge >= 0.3 is 0 Å². The van der Waals surface area contributed by atoms with E-state index in [9.17, 15) is 10.1 Å². The van der Waals surface area contributed by atoms with Crippen LogP contribution in [0.25, 0.3) is 0 Å². The van der Waals surface area contributed by atoms with Crippen molar-refractivity contribution in [3.63, 3.8) is 0 Å². The highest BCUT2D eigenvalue weighted by atomic mass is 32.1. The number of thiophene rings is 1. The molecule has 0 aliphatic rings. The number of aryl methyl sites for hydroxylation is 2. The Hall–Kier alpha value is -1.88. The molecule has 0 aliphatic carbocycles. The largest absolute Gasteiger partial charge is 0.372 e. The van der Waals surface area contributed by atoms with Gasteiger partial charge < -0.3 is 5.32 Å². The van der Waals surface area contributed by atoms with Crippen LogP contribution in [0.3, 0.4) is 0 Å². The normalized spacial score (nSPS) is 12.2. The van der Waals surface area contributed by atoms with Crippen molar-refractivity contribution in [1.82, 2.24) is 0 Å². The summed E-state index contributed by atoms with van der Waals surface area (Å²) in [7, 11) is 0. The third-order valence-corrected chi connectivity index (χ3v) is 4.22. The molecule has 1 unspecified atom stereocenters. The van der Waals surface area contributed by atoms with Gasteiger partial charge in [0.05, 0.1) is 11.0 Å². The number of nitrogens with one attached hydrogen (secondary N) is 1. The van der Waals surface area contributed by atoms with Gasteiger partial charge in [0.15, 0.2) is 0 Å². The summed E-state index contributed by atoms with van der Waals surface area (Å²) in [6.07, 6.45) is 0. The van der Waals surface area contributed by atoms with E-state index in [1.807, 2.05) is 32.2 Å². The van der Waals surface area contributed by atoms with Crippen molar-refractivity contribution in [3.8, 4) is 0 Å². The van der Waals surface area contributed by atoms with E-state index in [0.717, 1.165) is 5.56 Å². The van der Waals surface area contributed by atoms with Gasteiger partial charge in [0.1, 0.15) is 5.69 Å². The predicted octanol–water partition coefficient (Wildman–Crippen LogP) is 4.45. The minimum atomic E-state index is -0.344. The van der Waals surface area contributed by atoms with E-state index in [2.05, 4.69) is 11.4 Å². The predicted molar refractivity (Wildman–Crippen MR) is 78.9 cm³/mol. The van der Waals surface area contributed by atoms with Crippen molar-refractivity contribution in [2.45, 2.75) is 26.8 Å². The van der Waals surface area contributed by atoms with E-state index in [1.54, 1.807) is 23.5 Å². The summed E-state index contributed by atoms with van der Waals surface area (Å²) in [6, 6.07) is 7.36. The number of hydrogen-bond acceptors (Lipinski definition) is 4. The minimum Gasteiger partial charge on any atom is -0.372 e. The van der Waals surface area contributed by atoms with Gasteiger partial charge in [-0.1, -0.05) is 6.07 Å². The average Bonchev–Trinajstić information content (AvgIpc) is 2.77. The molecule has 0 fully saturated rings. The van der Waals surface area contributed by atoms with Gasteiger partial charge in [0, 0.05) is 10.9 Å². The Morgan fingerprint density at radius 3 is 2.63 bits per heavy atom. The number of nitro benzene ring substituents is 1. The quantitative estimate of drug-likeness (QED) is 0.663. The van der Waals surface area contributed by atoms with Crippen molar-refractivity contribution in [3.05, 3.63) is 55.8 Å². The molecule has 1 heterocycles. The van der Waals surface area contributed by atoms with Crippen molar-refractivity contribution in [2.24, 2.45) is 0 Å². The first-order valence-electron chi connectivity index (χ1n) is 6.04. The van der Waals surface area contributed by atoms with Crippen LogP contribution in [0.2, 0.25) is 0 Å². The van der Waals surface area contributed by atoms with Gasteiger partial charge in [-0.3, -0.25) is 10.1 Å². The lowest BCUT2D eigenvalue weighted by Gasteiger charge is -2.15. The summed E-state index contributed by atoms with van der Waals surface area (Å²) >= 11 is 1.66. The van der Waals surface area contributed by atoms with Crippen LogP contribution in [0, 0.1) is 24.0 Å². The van der Waals surface area contributed by atoms with E-state index >= 15 is 0 Å². The summed E-state index contributed by atoms with van der Waals surface area (Å²) in [5.74, 6) is 0. The van der Waals surface area contributed by atoms with Crippen molar-refractivity contribution in [2.75, 3.05) is 5.32 Å². The second kappa shape index (κ2) is 5.40. The van der Waals surface area contributed by atoms with E-state index in [1.165, 1.54) is 10.4 Å². The fourth-order valence-electron chi connectivity index (χ4n) is 2.04. The molecule has 5 heteroatoms. The molecule has 0 saturated carbocycles. The smallest absolute Gasteiger partial charge is 0.292 e. The van der Waals surface area contributed by atoms with E-state index in [-0.39, 0.29) is 16.7 Å². The maximum atomic E-state index is 11.1. The molecule has 2 rings (SSSR count). The Labute approximate surface area is 116 Å². The molecule has 2 aromatic rings.